The van der Waals surface area contributed by atoms with E-state index in [9.17, 15) is 4.79 Å². The highest BCUT2D eigenvalue weighted by Gasteiger charge is 2.10. The summed E-state index contributed by atoms with van der Waals surface area (Å²) >= 11 is 9.05. The second-order valence-electron chi connectivity index (χ2n) is 5.93. The van der Waals surface area contributed by atoms with Crippen LogP contribution >= 0.6 is 35.1 Å². The average molecular weight is 434 g/mol. The largest absolute Gasteiger partial charge is 0.355 e. The fraction of sp³-hybridized carbons (Fsp3) is 0.263. The molecular weight excluding hydrogens is 414 g/mol. The molecule has 3 aromatic rings. The summed E-state index contributed by atoms with van der Waals surface area (Å²) in [4.78, 5) is 16.2. The molecule has 3 rings (SSSR count). The molecule has 0 fully saturated rings. The van der Waals surface area contributed by atoms with Crippen molar-refractivity contribution >= 4 is 41.0 Å². The molecule has 0 radical (unpaired) electrons. The van der Waals surface area contributed by atoms with E-state index in [1.807, 2.05) is 54.1 Å². The first-order chi connectivity index (χ1) is 13.6. The number of nitrogens with one attached hydrogen (secondary N) is 1. The normalized spacial score (nSPS) is 10.8. The van der Waals surface area contributed by atoms with Gasteiger partial charge in [0.25, 0.3) is 0 Å². The van der Waals surface area contributed by atoms with E-state index >= 15 is 0 Å². The van der Waals surface area contributed by atoms with Crippen molar-refractivity contribution in [1.82, 2.24) is 25.1 Å². The standard InChI is InChI=1S/C19H20ClN5OS2/c1-25-16(8-10-21-17(26)13-27-18-7-2-3-9-22-18)23-24-19(25)28-12-14-5-4-6-15(20)11-14/h2-7,9,11H,8,10,12-13H2,1H3,(H,21,26). The van der Waals surface area contributed by atoms with Gasteiger partial charge in [0, 0.05) is 37.0 Å². The number of hydrogen-bond donors (Lipinski definition) is 1. The predicted octanol–water partition coefficient (Wildman–Crippen LogP) is 3.61. The van der Waals surface area contributed by atoms with Gasteiger partial charge in [-0.1, -0.05) is 53.3 Å². The highest BCUT2D eigenvalue weighted by Crippen LogP contribution is 2.22. The SMILES string of the molecule is Cn1c(CCNC(=O)CSc2ccccn2)nnc1SCc1cccc(Cl)c1. The van der Waals surface area contributed by atoms with Gasteiger partial charge in [-0.25, -0.2) is 4.98 Å². The smallest absolute Gasteiger partial charge is 0.230 e. The molecule has 2 heterocycles. The summed E-state index contributed by atoms with van der Waals surface area (Å²) in [5, 5.41) is 13.8. The van der Waals surface area contributed by atoms with Crippen LogP contribution in [0.1, 0.15) is 11.4 Å². The molecule has 0 aliphatic rings. The van der Waals surface area contributed by atoms with E-state index in [4.69, 9.17) is 11.6 Å². The third kappa shape index (κ3) is 6.25. The summed E-state index contributed by atoms with van der Waals surface area (Å²) < 4.78 is 1.96. The maximum atomic E-state index is 12.0. The molecule has 0 aliphatic carbocycles. The van der Waals surface area contributed by atoms with Crippen LogP contribution in [-0.2, 0) is 24.0 Å². The quantitative estimate of drug-likeness (QED) is 0.520. The predicted molar refractivity (Wildman–Crippen MR) is 114 cm³/mol. The Morgan fingerprint density at radius 2 is 2.07 bits per heavy atom. The summed E-state index contributed by atoms with van der Waals surface area (Å²) in [6, 6.07) is 13.4. The lowest BCUT2D eigenvalue weighted by atomic mass is 10.2. The lowest BCUT2D eigenvalue weighted by Crippen LogP contribution is -2.28. The summed E-state index contributed by atoms with van der Waals surface area (Å²) in [5.41, 5.74) is 1.14. The molecule has 0 aliphatic heterocycles. The van der Waals surface area contributed by atoms with Crippen LogP contribution in [0.5, 0.6) is 0 Å². The van der Waals surface area contributed by atoms with E-state index in [-0.39, 0.29) is 5.91 Å². The van der Waals surface area contributed by atoms with E-state index < -0.39 is 0 Å². The van der Waals surface area contributed by atoms with Gasteiger partial charge in [0.15, 0.2) is 5.16 Å². The number of amides is 1. The number of carbonyl (C=O) groups is 1. The zero-order valence-electron chi connectivity index (χ0n) is 15.3. The zero-order valence-corrected chi connectivity index (χ0v) is 17.7. The van der Waals surface area contributed by atoms with Crippen molar-refractivity contribution in [3.8, 4) is 0 Å². The molecule has 1 amide bonds. The summed E-state index contributed by atoms with van der Waals surface area (Å²) in [5.74, 6) is 1.93. The molecule has 0 saturated heterocycles. The van der Waals surface area contributed by atoms with E-state index in [0.29, 0.717) is 18.7 Å². The zero-order chi connectivity index (χ0) is 19.8. The maximum Gasteiger partial charge on any atom is 0.230 e. The van der Waals surface area contributed by atoms with Crippen molar-refractivity contribution < 1.29 is 4.79 Å². The molecule has 0 spiro atoms. The molecule has 2 aromatic heterocycles. The van der Waals surface area contributed by atoms with Crippen LogP contribution in [-0.4, -0.2) is 38.0 Å². The van der Waals surface area contributed by atoms with Gasteiger partial charge in [-0.15, -0.1) is 10.2 Å². The lowest BCUT2D eigenvalue weighted by molar-refractivity contribution is -0.118. The van der Waals surface area contributed by atoms with Crippen molar-refractivity contribution in [3.05, 3.63) is 65.1 Å². The third-order valence-electron chi connectivity index (χ3n) is 3.84. The summed E-state index contributed by atoms with van der Waals surface area (Å²) in [7, 11) is 1.94. The maximum absolute atomic E-state index is 12.0. The minimum Gasteiger partial charge on any atom is -0.355 e. The minimum atomic E-state index is -0.0200. The van der Waals surface area contributed by atoms with Crippen LogP contribution in [0.3, 0.4) is 0 Å². The fourth-order valence-corrected chi connectivity index (χ4v) is 4.18. The molecule has 9 heteroatoms. The van der Waals surface area contributed by atoms with Crippen LogP contribution in [0.2, 0.25) is 5.02 Å². The van der Waals surface area contributed by atoms with Crippen LogP contribution in [0.15, 0.2) is 58.8 Å². The van der Waals surface area contributed by atoms with Gasteiger partial charge >= 0.3 is 0 Å². The van der Waals surface area contributed by atoms with Crippen LogP contribution in [0, 0.1) is 0 Å². The molecule has 0 unspecified atom stereocenters. The van der Waals surface area contributed by atoms with Gasteiger partial charge in [0.2, 0.25) is 5.91 Å². The minimum absolute atomic E-state index is 0.0200. The Labute approximate surface area is 177 Å². The van der Waals surface area contributed by atoms with Gasteiger partial charge in [-0.3, -0.25) is 4.79 Å². The van der Waals surface area contributed by atoms with E-state index in [0.717, 1.165) is 32.3 Å². The van der Waals surface area contributed by atoms with Crippen LogP contribution in [0.4, 0.5) is 0 Å². The number of aromatic nitrogens is 4. The molecule has 0 bridgehead atoms. The number of nitrogens with zero attached hydrogens (tertiary/aromatic N) is 4. The molecule has 0 saturated carbocycles. The second kappa shape index (κ2) is 10.5. The Bertz CT molecular complexity index is 920. The summed E-state index contributed by atoms with van der Waals surface area (Å²) in [6.45, 7) is 0.520. The number of pyridine rings is 1. The average Bonchev–Trinajstić information content (AvgIpc) is 3.05. The Kier molecular flexibility index (Phi) is 7.76. The second-order valence-corrected chi connectivity index (χ2v) is 8.31. The molecule has 28 heavy (non-hydrogen) atoms. The summed E-state index contributed by atoms with van der Waals surface area (Å²) in [6.07, 6.45) is 2.34. The van der Waals surface area contributed by atoms with E-state index in [1.165, 1.54) is 11.8 Å². The monoisotopic (exact) mass is 433 g/mol. The van der Waals surface area contributed by atoms with Gasteiger partial charge < -0.3 is 9.88 Å². The van der Waals surface area contributed by atoms with Crippen molar-refractivity contribution in [1.29, 1.82) is 0 Å². The van der Waals surface area contributed by atoms with Crippen molar-refractivity contribution in [2.75, 3.05) is 12.3 Å². The van der Waals surface area contributed by atoms with Crippen molar-refractivity contribution in [2.45, 2.75) is 22.4 Å². The lowest BCUT2D eigenvalue weighted by Gasteiger charge is -2.06. The van der Waals surface area contributed by atoms with Gasteiger partial charge in [0.1, 0.15) is 5.82 Å². The van der Waals surface area contributed by atoms with Gasteiger partial charge in [-0.2, -0.15) is 0 Å². The van der Waals surface area contributed by atoms with Crippen LogP contribution in [0.25, 0.3) is 0 Å². The number of thioether (sulfide) groups is 2. The van der Waals surface area contributed by atoms with Crippen molar-refractivity contribution in [2.24, 2.45) is 7.05 Å². The van der Waals surface area contributed by atoms with Crippen molar-refractivity contribution in [3.63, 3.8) is 0 Å². The Morgan fingerprint density at radius 3 is 2.86 bits per heavy atom. The molecule has 146 valence electrons. The number of rotatable bonds is 9. The molecule has 1 aromatic carbocycles. The van der Waals surface area contributed by atoms with E-state index in [2.05, 4.69) is 20.5 Å². The first kappa shape index (κ1) is 20.7. The fourth-order valence-electron chi connectivity index (χ4n) is 2.40. The number of halogens is 1. The van der Waals surface area contributed by atoms with E-state index in [1.54, 1.807) is 18.0 Å². The van der Waals surface area contributed by atoms with Crippen LogP contribution < -0.4 is 5.32 Å². The number of hydrogen-bond acceptors (Lipinski definition) is 6. The van der Waals surface area contributed by atoms with Gasteiger partial charge in [-0.05, 0) is 29.8 Å². The topological polar surface area (TPSA) is 72.7 Å². The third-order valence-corrected chi connectivity index (χ3v) is 6.11. The molecule has 6 nitrogen and oxygen atoms in total. The Hall–Kier alpha value is -2.03. The highest BCUT2D eigenvalue weighted by atomic mass is 35.5. The number of benzene rings is 1. The first-order valence-corrected chi connectivity index (χ1v) is 11.0. The molecule has 0 atom stereocenters. The first-order valence-electron chi connectivity index (χ1n) is 8.68. The Balaban J connectivity index is 1.42. The molecular formula is C19H20ClN5OS2. The molecule has 1 N–H and O–H groups in total. The van der Waals surface area contributed by atoms with Gasteiger partial charge in [0.05, 0.1) is 10.8 Å². The highest BCUT2D eigenvalue weighted by molar-refractivity contribution is 7.99. The Morgan fingerprint density at radius 1 is 1.18 bits per heavy atom. The number of carbonyl (C=O) groups excluding carboxylic acids is 1.